The molecule has 0 aliphatic carbocycles. The van der Waals surface area contributed by atoms with Gasteiger partial charge in [0, 0.05) is 44.0 Å². The van der Waals surface area contributed by atoms with Crippen LogP contribution in [0.25, 0.3) is 111 Å². The van der Waals surface area contributed by atoms with Crippen LogP contribution in [0.1, 0.15) is 11.1 Å². The van der Waals surface area contributed by atoms with Gasteiger partial charge < -0.3 is 9.13 Å². The minimum Gasteiger partial charge on any atom is -0.309 e. The minimum atomic E-state index is 0.493. The Kier molecular flexibility index (Phi) is 9.23. The van der Waals surface area contributed by atoms with Gasteiger partial charge >= 0.3 is 0 Å². The van der Waals surface area contributed by atoms with Crippen LogP contribution in [0.3, 0.4) is 0 Å². The van der Waals surface area contributed by atoms with Crippen molar-refractivity contribution in [3.05, 3.63) is 242 Å². The van der Waals surface area contributed by atoms with E-state index in [0.717, 1.165) is 99.5 Å². The molecule has 0 atom stereocenters. The van der Waals surface area contributed by atoms with Gasteiger partial charge in [-0.05, 0) is 117 Å². The number of hydrogen-bond acceptors (Lipinski definition) is 2. The molecule has 2 aromatic heterocycles. The number of aromatic nitrogens is 2. The van der Waals surface area contributed by atoms with Gasteiger partial charge in [0.15, 0.2) is 0 Å². The van der Waals surface area contributed by atoms with E-state index >= 15 is 0 Å². The molecule has 0 bridgehead atoms. The minimum absolute atomic E-state index is 0.493. The van der Waals surface area contributed by atoms with Crippen molar-refractivity contribution in [3.8, 4) is 79.1 Å². The monoisotopic (exact) mass is 838 g/mol. The highest BCUT2D eigenvalue weighted by molar-refractivity contribution is 6.13. The zero-order valence-corrected chi connectivity index (χ0v) is 35.7. The molecule has 306 valence electrons. The molecule has 0 saturated heterocycles. The molecule has 0 fully saturated rings. The fourth-order valence-electron chi connectivity index (χ4n) is 9.84. The zero-order valence-electron chi connectivity index (χ0n) is 35.7. The lowest BCUT2D eigenvalue weighted by molar-refractivity contribution is 1.17. The lowest BCUT2D eigenvalue weighted by Crippen LogP contribution is -1.99. The van der Waals surface area contributed by atoms with E-state index in [0.29, 0.717) is 22.3 Å². The van der Waals surface area contributed by atoms with Gasteiger partial charge in [0.1, 0.15) is 0 Å². The first kappa shape index (κ1) is 38.5. The SMILES string of the molecule is N#Cc1cc(-n2c3ccc(-c4ccccc4)cc3c3cc(-c4ccccc4)ccc32)ccc1-c1ccc(-n2c3ccc(-c4ccccc4)cc3c3cc(-c4ccccc4)ccc32)cc1C#N. The van der Waals surface area contributed by atoms with Crippen molar-refractivity contribution in [2.45, 2.75) is 0 Å². The van der Waals surface area contributed by atoms with Crippen LogP contribution in [0.2, 0.25) is 0 Å². The highest BCUT2D eigenvalue weighted by Gasteiger charge is 2.20. The molecule has 0 saturated carbocycles. The third-order valence-corrected chi connectivity index (χ3v) is 13.0. The number of rotatable bonds is 7. The molecule has 0 amide bonds. The summed E-state index contributed by atoms with van der Waals surface area (Å²) in [5.74, 6) is 0. The fraction of sp³-hybridized carbons (Fsp3) is 0. The van der Waals surface area contributed by atoms with Crippen LogP contribution in [0.5, 0.6) is 0 Å². The first-order chi connectivity index (χ1) is 32.6. The Morgan fingerprint density at radius 1 is 0.258 bits per heavy atom. The summed E-state index contributed by atoms with van der Waals surface area (Å²) in [6.45, 7) is 0. The van der Waals surface area contributed by atoms with Crippen LogP contribution >= 0.6 is 0 Å². The van der Waals surface area contributed by atoms with E-state index in [1.165, 1.54) is 0 Å². The maximum absolute atomic E-state index is 10.8. The van der Waals surface area contributed by atoms with Gasteiger partial charge in [-0.3, -0.25) is 0 Å². The summed E-state index contributed by atoms with van der Waals surface area (Å²) in [7, 11) is 0. The number of fused-ring (bicyclic) bond motifs is 6. The molecule has 12 aromatic rings. The van der Waals surface area contributed by atoms with Crippen molar-refractivity contribution in [1.29, 1.82) is 10.5 Å². The van der Waals surface area contributed by atoms with E-state index in [9.17, 15) is 10.5 Å². The quantitative estimate of drug-likeness (QED) is 0.161. The lowest BCUT2D eigenvalue weighted by atomic mass is 9.95. The molecule has 12 rings (SSSR count). The Morgan fingerprint density at radius 3 is 0.788 bits per heavy atom. The Bertz CT molecular complexity index is 3470. The van der Waals surface area contributed by atoms with E-state index in [1.54, 1.807) is 0 Å². The second kappa shape index (κ2) is 15.8. The lowest BCUT2D eigenvalue weighted by Gasteiger charge is -2.14. The van der Waals surface area contributed by atoms with Gasteiger partial charge in [-0.2, -0.15) is 10.5 Å². The summed E-state index contributed by atoms with van der Waals surface area (Å²) in [5.41, 5.74) is 17.5. The van der Waals surface area contributed by atoms with Crippen LogP contribution in [0.4, 0.5) is 0 Å². The molecular formula is C62H38N4. The first-order valence-electron chi connectivity index (χ1n) is 22.1. The van der Waals surface area contributed by atoms with E-state index in [1.807, 2.05) is 48.5 Å². The summed E-state index contributed by atoms with van der Waals surface area (Å²) in [5, 5.41) is 26.2. The molecule has 0 aliphatic rings. The topological polar surface area (TPSA) is 57.4 Å². The predicted molar refractivity (Wildman–Crippen MR) is 272 cm³/mol. The Labute approximate surface area is 382 Å². The van der Waals surface area contributed by atoms with Crippen molar-refractivity contribution >= 4 is 43.6 Å². The van der Waals surface area contributed by atoms with Gasteiger partial charge in [0.05, 0.1) is 45.3 Å². The molecule has 0 aliphatic heterocycles. The number of hydrogen-bond donors (Lipinski definition) is 0. The molecule has 4 heteroatoms. The molecule has 4 nitrogen and oxygen atoms in total. The Hall–Kier alpha value is -9.22. The first-order valence-corrected chi connectivity index (χ1v) is 22.1. The van der Waals surface area contributed by atoms with Crippen LogP contribution in [-0.4, -0.2) is 9.13 Å². The Morgan fingerprint density at radius 2 is 0.530 bits per heavy atom. The summed E-state index contributed by atoms with van der Waals surface area (Å²) in [4.78, 5) is 0. The second-order valence-electron chi connectivity index (χ2n) is 16.7. The van der Waals surface area contributed by atoms with Crippen molar-refractivity contribution < 1.29 is 0 Å². The third-order valence-electron chi connectivity index (χ3n) is 13.0. The second-order valence-corrected chi connectivity index (χ2v) is 16.7. The zero-order chi connectivity index (χ0) is 44.1. The normalized spacial score (nSPS) is 11.3. The Balaban J connectivity index is 0.987. The summed E-state index contributed by atoms with van der Waals surface area (Å²) in [6.07, 6.45) is 0. The highest BCUT2D eigenvalue weighted by atomic mass is 15.0. The van der Waals surface area contributed by atoms with Crippen LogP contribution in [0.15, 0.2) is 231 Å². The number of nitriles is 2. The fourth-order valence-corrected chi connectivity index (χ4v) is 9.84. The highest BCUT2D eigenvalue weighted by Crippen LogP contribution is 2.41. The molecule has 0 radical (unpaired) electrons. The van der Waals surface area contributed by atoms with Gasteiger partial charge in [0.25, 0.3) is 0 Å². The summed E-state index contributed by atoms with van der Waals surface area (Å²) < 4.78 is 4.50. The molecule has 10 aromatic carbocycles. The molecule has 2 heterocycles. The van der Waals surface area contributed by atoms with E-state index in [2.05, 4.69) is 203 Å². The predicted octanol–water partition coefficient (Wildman–Crippen LogP) is 16.0. The van der Waals surface area contributed by atoms with Crippen LogP contribution in [0, 0.1) is 22.7 Å². The van der Waals surface area contributed by atoms with Crippen LogP contribution < -0.4 is 0 Å². The molecule has 66 heavy (non-hydrogen) atoms. The smallest absolute Gasteiger partial charge is 0.0998 e. The summed E-state index contributed by atoms with van der Waals surface area (Å²) in [6, 6.07) is 85.5. The van der Waals surface area contributed by atoms with Gasteiger partial charge in [-0.15, -0.1) is 0 Å². The third kappa shape index (κ3) is 6.45. The van der Waals surface area contributed by atoms with Gasteiger partial charge in [-0.1, -0.05) is 158 Å². The average Bonchev–Trinajstić information content (AvgIpc) is 3.90. The molecule has 0 spiro atoms. The average molecular weight is 839 g/mol. The maximum Gasteiger partial charge on any atom is 0.0998 e. The van der Waals surface area contributed by atoms with E-state index < -0.39 is 0 Å². The van der Waals surface area contributed by atoms with Crippen molar-refractivity contribution in [2.24, 2.45) is 0 Å². The number of benzene rings is 10. The largest absolute Gasteiger partial charge is 0.309 e. The van der Waals surface area contributed by atoms with Crippen molar-refractivity contribution in [3.63, 3.8) is 0 Å². The van der Waals surface area contributed by atoms with E-state index in [-0.39, 0.29) is 0 Å². The van der Waals surface area contributed by atoms with E-state index in [4.69, 9.17) is 0 Å². The van der Waals surface area contributed by atoms with Crippen molar-refractivity contribution in [1.82, 2.24) is 9.13 Å². The number of nitrogens with zero attached hydrogens (tertiary/aromatic N) is 4. The molecule has 0 N–H and O–H groups in total. The molecular weight excluding hydrogens is 801 g/mol. The van der Waals surface area contributed by atoms with Gasteiger partial charge in [-0.25, -0.2) is 0 Å². The maximum atomic E-state index is 10.8. The van der Waals surface area contributed by atoms with Crippen molar-refractivity contribution in [2.75, 3.05) is 0 Å². The summed E-state index contributed by atoms with van der Waals surface area (Å²) >= 11 is 0. The van der Waals surface area contributed by atoms with Gasteiger partial charge in [0.2, 0.25) is 0 Å². The van der Waals surface area contributed by atoms with Crippen LogP contribution in [-0.2, 0) is 0 Å². The standard InChI is InChI=1S/C62H38N4/c63-39-49-33-51(65-59-29-21-45(41-13-5-1-6-14-41)35-55(59)56-36-46(22-30-60(56)65)42-15-7-2-8-16-42)25-27-53(49)54-28-26-52(34-50(54)40-64)66-61-31-23-47(43-17-9-3-10-18-43)37-57(61)58-38-48(24-32-62(58)66)44-19-11-4-12-20-44/h1-38H. The molecule has 0 unspecified atom stereocenters.